The van der Waals surface area contributed by atoms with Crippen molar-refractivity contribution in [3.63, 3.8) is 0 Å². The van der Waals surface area contributed by atoms with Gasteiger partial charge in [-0.05, 0) is 19.1 Å². The summed E-state index contributed by atoms with van der Waals surface area (Å²) in [6, 6.07) is 0. The second kappa shape index (κ2) is 7.43. The van der Waals surface area contributed by atoms with Gasteiger partial charge in [-0.1, -0.05) is 46.5 Å². The molecule has 0 fully saturated rings. The van der Waals surface area contributed by atoms with Crippen molar-refractivity contribution >= 4 is 6.92 Å². The molecule has 0 aromatic heterocycles. The number of hydrogen-bond acceptors (Lipinski definition) is 1. The van der Waals surface area contributed by atoms with E-state index in [1.165, 1.54) is 12.6 Å². The van der Waals surface area contributed by atoms with Gasteiger partial charge in [0, 0.05) is 6.61 Å². The normalized spacial score (nSPS) is 11.3. The molecule has 0 aliphatic carbocycles. The second-order valence-corrected chi connectivity index (χ2v) is 4.75. The molecule has 0 amide bonds. The van der Waals surface area contributed by atoms with Crippen LogP contribution in [0.4, 0.5) is 0 Å². The third kappa shape index (κ3) is 8.36. The molecule has 0 unspecified atom stereocenters. The van der Waals surface area contributed by atoms with E-state index in [0.717, 1.165) is 24.9 Å². The Bertz CT molecular complexity index is 103. The van der Waals surface area contributed by atoms with Crippen molar-refractivity contribution in [2.45, 2.75) is 53.7 Å². The zero-order valence-corrected chi connectivity index (χ0v) is 9.97. The molecule has 78 valence electrons. The van der Waals surface area contributed by atoms with Crippen molar-refractivity contribution < 1.29 is 4.65 Å². The predicted molar refractivity (Wildman–Crippen MR) is 61.3 cm³/mol. The standard InChI is InChI=1S/C11H25BO/c1-6-7-13-12(8-10(2)3)9-11(4)5/h10-11H,6-9H2,1-5H3. The highest BCUT2D eigenvalue weighted by Gasteiger charge is 2.18. The third-order valence-corrected chi connectivity index (χ3v) is 2.03. The van der Waals surface area contributed by atoms with Crippen LogP contribution < -0.4 is 0 Å². The van der Waals surface area contributed by atoms with Gasteiger partial charge in [-0.15, -0.1) is 0 Å². The summed E-state index contributed by atoms with van der Waals surface area (Å²) in [4.78, 5) is 0. The Morgan fingerprint density at radius 2 is 1.46 bits per heavy atom. The van der Waals surface area contributed by atoms with Crippen molar-refractivity contribution in [3.8, 4) is 0 Å². The molecule has 0 saturated heterocycles. The molecule has 0 aliphatic rings. The highest BCUT2D eigenvalue weighted by Crippen LogP contribution is 2.15. The summed E-state index contributed by atoms with van der Waals surface area (Å²) in [5, 5.41) is 0. The fourth-order valence-corrected chi connectivity index (χ4v) is 1.57. The van der Waals surface area contributed by atoms with Gasteiger partial charge in [0.2, 0.25) is 0 Å². The van der Waals surface area contributed by atoms with Crippen molar-refractivity contribution in [3.05, 3.63) is 0 Å². The first kappa shape index (κ1) is 13.0. The summed E-state index contributed by atoms with van der Waals surface area (Å²) in [5.41, 5.74) is 0. The first-order valence-electron chi connectivity index (χ1n) is 5.67. The number of rotatable bonds is 7. The lowest BCUT2D eigenvalue weighted by Crippen LogP contribution is -2.22. The van der Waals surface area contributed by atoms with Crippen molar-refractivity contribution in [1.29, 1.82) is 0 Å². The molecule has 0 heterocycles. The van der Waals surface area contributed by atoms with Crippen LogP contribution in [-0.4, -0.2) is 13.5 Å². The van der Waals surface area contributed by atoms with Gasteiger partial charge in [0.15, 0.2) is 0 Å². The van der Waals surface area contributed by atoms with E-state index in [0.29, 0.717) is 6.92 Å². The summed E-state index contributed by atoms with van der Waals surface area (Å²) < 4.78 is 5.81. The molecule has 0 rings (SSSR count). The van der Waals surface area contributed by atoms with Gasteiger partial charge in [0.1, 0.15) is 0 Å². The van der Waals surface area contributed by atoms with Gasteiger partial charge in [-0.25, -0.2) is 0 Å². The van der Waals surface area contributed by atoms with Gasteiger partial charge in [0.25, 0.3) is 6.92 Å². The molecule has 2 heteroatoms. The molecule has 0 radical (unpaired) electrons. The van der Waals surface area contributed by atoms with Crippen molar-refractivity contribution in [2.24, 2.45) is 11.8 Å². The van der Waals surface area contributed by atoms with Gasteiger partial charge >= 0.3 is 0 Å². The molecule has 1 nitrogen and oxygen atoms in total. The Morgan fingerprint density at radius 1 is 1.00 bits per heavy atom. The molecule has 0 aliphatic heterocycles. The molecule has 0 spiro atoms. The SMILES string of the molecule is CCCOB(CC(C)C)CC(C)C. The molecular weight excluding hydrogens is 159 g/mol. The largest absolute Gasteiger partial charge is 0.436 e. The monoisotopic (exact) mass is 184 g/mol. The summed E-state index contributed by atoms with van der Waals surface area (Å²) in [6.07, 6.45) is 3.54. The Morgan fingerprint density at radius 3 is 1.77 bits per heavy atom. The van der Waals surface area contributed by atoms with E-state index in [1.54, 1.807) is 0 Å². The van der Waals surface area contributed by atoms with E-state index in [-0.39, 0.29) is 0 Å². The Labute approximate surface area is 84.4 Å². The molecule has 13 heavy (non-hydrogen) atoms. The first-order chi connectivity index (χ1) is 6.06. The molecule has 0 aromatic carbocycles. The quantitative estimate of drug-likeness (QED) is 0.548. The average molecular weight is 184 g/mol. The molecular formula is C11H25BO. The zero-order chi connectivity index (χ0) is 10.3. The Kier molecular flexibility index (Phi) is 7.45. The maximum absolute atomic E-state index is 5.81. The van der Waals surface area contributed by atoms with Crippen molar-refractivity contribution in [1.82, 2.24) is 0 Å². The predicted octanol–water partition coefficient (Wildman–Crippen LogP) is 3.72. The summed E-state index contributed by atoms with van der Waals surface area (Å²) in [5.74, 6) is 1.50. The smallest absolute Gasteiger partial charge is 0.293 e. The van der Waals surface area contributed by atoms with Crippen LogP contribution in [0, 0.1) is 11.8 Å². The van der Waals surface area contributed by atoms with Crippen LogP contribution >= 0.6 is 0 Å². The fourth-order valence-electron chi connectivity index (χ4n) is 1.57. The fraction of sp³-hybridized carbons (Fsp3) is 1.00. The van der Waals surface area contributed by atoms with Crippen LogP contribution in [0.25, 0.3) is 0 Å². The molecule has 0 bridgehead atoms. The lowest BCUT2D eigenvalue weighted by Gasteiger charge is -2.17. The van der Waals surface area contributed by atoms with E-state index in [2.05, 4.69) is 34.6 Å². The topological polar surface area (TPSA) is 9.23 Å². The molecule has 0 N–H and O–H groups in total. The van der Waals surface area contributed by atoms with Crippen LogP contribution in [0.5, 0.6) is 0 Å². The van der Waals surface area contributed by atoms with Gasteiger partial charge < -0.3 is 4.65 Å². The summed E-state index contributed by atoms with van der Waals surface area (Å²) in [7, 11) is 0. The van der Waals surface area contributed by atoms with E-state index in [9.17, 15) is 0 Å². The lowest BCUT2D eigenvalue weighted by molar-refractivity contribution is 0.310. The Balaban J connectivity index is 3.73. The molecule has 0 aromatic rings. The highest BCUT2D eigenvalue weighted by atomic mass is 16.4. The van der Waals surface area contributed by atoms with Crippen molar-refractivity contribution in [2.75, 3.05) is 6.61 Å². The zero-order valence-electron chi connectivity index (χ0n) is 9.97. The maximum atomic E-state index is 5.81. The second-order valence-electron chi connectivity index (χ2n) is 4.75. The van der Waals surface area contributed by atoms with Crippen LogP contribution in [0.2, 0.25) is 12.6 Å². The molecule has 0 saturated carbocycles. The van der Waals surface area contributed by atoms with E-state index >= 15 is 0 Å². The highest BCUT2D eigenvalue weighted by molar-refractivity contribution is 6.51. The maximum Gasteiger partial charge on any atom is 0.293 e. The van der Waals surface area contributed by atoms with Gasteiger partial charge in [-0.2, -0.15) is 0 Å². The van der Waals surface area contributed by atoms with Gasteiger partial charge in [0.05, 0.1) is 0 Å². The van der Waals surface area contributed by atoms with Crippen LogP contribution in [0.3, 0.4) is 0 Å². The van der Waals surface area contributed by atoms with Gasteiger partial charge in [-0.3, -0.25) is 0 Å². The average Bonchev–Trinajstić information content (AvgIpc) is 1.98. The van der Waals surface area contributed by atoms with Crippen LogP contribution in [-0.2, 0) is 4.65 Å². The van der Waals surface area contributed by atoms with E-state index < -0.39 is 0 Å². The van der Waals surface area contributed by atoms with E-state index in [4.69, 9.17) is 4.65 Å². The minimum Gasteiger partial charge on any atom is -0.436 e. The molecule has 0 atom stereocenters. The lowest BCUT2D eigenvalue weighted by atomic mass is 9.56. The summed E-state index contributed by atoms with van der Waals surface area (Å²) in [6.45, 7) is 12.6. The Hall–Kier alpha value is 0.0249. The minimum absolute atomic E-state index is 0.486. The number of hydrogen-bond donors (Lipinski definition) is 0. The van der Waals surface area contributed by atoms with Crippen LogP contribution in [0.15, 0.2) is 0 Å². The first-order valence-corrected chi connectivity index (χ1v) is 5.67. The third-order valence-electron chi connectivity index (χ3n) is 2.03. The van der Waals surface area contributed by atoms with E-state index in [1.807, 2.05) is 0 Å². The van der Waals surface area contributed by atoms with Crippen LogP contribution in [0.1, 0.15) is 41.0 Å². The minimum atomic E-state index is 0.486. The summed E-state index contributed by atoms with van der Waals surface area (Å²) >= 11 is 0.